The van der Waals surface area contributed by atoms with Crippen molar-refractivity contribution in [3.63, 3.8) is 0 Å². The number of fused-ring (bicyclic) bond motifs is 1. The van der Waals surface area contributed by atoms with E-state index in [1.807, 2.05) is 24.3 Å². The van der Waals surface area contributed by atoms with E-state index in [2.05, 4.69) is 24.7 Å². The SMILES string of the molecule is COc1ncc(-c2cc3c(-c4ccncc4)ccnc3cn2)cc1NS(=O)(=O)c1ccc(F)cc1F. The van der Waals surface area contributed by atoms with Gasteiger partial charge >= 0.3 is 0 Å². The number of hydrogen-bond donors (Lipinski definition) is 1. The monoisotopic (exact) mass is 505 g/mol. The van der Waals surface area contributed by atoms with Crippen molar-refractivity contribution in [3.8, 4) is 28.3 Å². The number of anilines is 1. The van der Waals surface area contributed by atoms with E-state index < -0.39 is 26.6 Å². The predicted octanol–water partition coefficient (Wildman–Crippen LogP) is 4.84. The number of rotatable bonds is 6. The van der Waals surface area contributed by atoms with Crippen molar-refractivity contribution in [2.45, 2.75) is 4.90 Å². The molecule has 0 atom stereocenters. The van der Waals surface area contributed by atoms with Gasteiger partial charge in [0.1, 0.15) is 22.2 Å². The van der Waals surface area contributed by atoms with Crippen LogP contribution in [0.5, 0.6) is 5.88 Å². The molecule has 36 heavy (non-hydrogen) atoms. The summed E-state index contributed by atoms with van der Waals surface area (Å²) in [7, 11) is -3.10. The molecule has 4 aromatic heterocycles. The molecule has 11 heteroatoms. The van der Waals surface area contributed by atoms with Gasteiger partial charge < -0.3 is 4.74 Å². The molecule has 0 amide bonds. The summed E-state index contributed by atoms with van der Waals surface area (Å²) in [6.45, 7) is 0. The Balaban J connectivity index is 1.58. The van der Waals surface area contributed by atoms with E-state index in [4.69, 9.17) is 4.74 Å². The lowest BCUT2D eigenvalue weighted by Crippen LogP contribution is -2.16. The molecule has 0 spiro atoms. The highest BCUT2D eigenvalue weighted by molar-refractivity contribution is 7.92. The molecule has 0 aliphatic carbocycles. The van der Waals surface area contributed by atoms with E-state index in [0.717, 1.165) is 28.6 Å². The van der Waals surface area contributed by atoms with Gasteiger partial charge in [-0.05, 0) is 53.6 Å². The highest BCUT2D eigenvalue weighted by Crippen LogP contribution is 2.33. The number of methoxy groups -OCH3 is 1. The van der Waals surface area contributed by atoms with Crippen molar-refractivity contribution in [1.29, 1.82) is 0 Å². The summed E-state index contributed by atoms with van der Waals surface area (Å²) in [4.78, 5) is 16.4. The van der Waals surface area contributed by atoms with E-state index in [1.54, 1.807) is 24.8 Å². The first-order valence-corrected chi connectivity index (χ1v) is 12.0. The van der Waals surface area contributed by atoms with Gasteiger partial charge in [-0.25, -0.2) is 22.2 Å². The maximum atomic E-state index is 14.2. The molecule has 0 aliphatic heterocycles. The molecule has 180 valence electrons. The Morgan fingerprint density at radius 3 is 2.42 bits per heavy atom. The standard InChI is InChI=1S/C25H17F2N5O3S/c1-35-25-22(32-36(33,34)24-3-2-17(26)11-20(24)27)10-16(13-31-25)21-12-19-18(15-4-7-28-8-5-15)6-9-29-23(19)14-30-21/h2-14,32H,1H3. The van der Waals surface area contributed by atoms with Crippen LogP contribution in [-0.4, -0.2) is 35.5 Å². The minimum absolute atomic E-state index is 0.0372. The average Bonchev–Trinajstić information content (AvgIpc) is 2.88. The minimum Gasteiger partial charge on any atom is -0.480 e. The summed E-state index contributed by atoms with van der Waals surface area (Å²) in [6, 6.07) is 11.1. The Kier molecular flexibility index (Phi) is 5.98. The van der Waals surface area contributed by atoms with Crippen LogP contribution in [-0.2, 0) is 10.0 Å². The van der Waals surface area contributed by atoms with Crippen molar-refractivity contribution in [3.05, 3.63) is 91.1 Å². The maximum absolute atomic E-state index is 14.2. The molecule has 0 bridgehead atoms. The van der Waals surface area contributed by atoms with Crippen molar-refractivity contribution in [2.75, 3.05) is 11.8 Å². The second-order valence-corrected chi connectivity index (χ2v) is 9.29. The average molecular weight is 506 g/mol. The number of nitrogens with zero attached hydrogens (tertiary/aromatic N) is 4. The Labute approximate surface area is 204 Å². The molecule has 5 rings (SSSR count). The van der Waals surface area contributed by atoms with Crippen LogP contribution in [0.1, 0.15) is 0 Å². The summed E-state index contributed by atoms with van der Waals surface area (Å²) < 4.78 is 60.6. The van der Waals surface area contributed by atoms with Crippen LogP contribution in [0.2, 0.25) is 0 Å². The number of ether oxygens (including phenoxy) is 1. The first kappa shape index (κ1) is 23.2. The van der Waals surface area contributed by atoms with Crippen LogP contribution >= 0.6 is 0 Å². The van der Waals surface area contributed by atoms with Gasteiger partial charge in [0, 0.05) is 41.8 Å². The van der Waals surface area contributed by atoms with E-state index in [0.29, 0.717) is 22.8 Å². The maximum Gasteiger partial charge on any atom is 0.264 e. The zero-order chi connectivity index (χ0) is 25.3. The van der Waals surface area contributed by atoms with Gasteiger partial charge in [-0.3, -0.25) is 19.7 Å². The molecule has 0 fully saturated rings. The predicted molar refractivity (Wildman–Crippen MR) is 130 cm³/mol. The van der Waals surface area contributed by atoms with Crippen LogP contribution < -0.4 is 9.46 Å². The molecule has 8 nitrogen and oxygen atoms in total. The van der Waals surface area contributed by atoms with Crippen LogP contribution in [0.3, 0.4) is 0 Å². The van der Waals surface area contributed by atoms with Crippen LogP contribution in [0.25, 0.3) is 33.3 Å². The number of nitrogens with one attached hydrogen (secondary N) is 1. The van der Waals surface area contributed by atoms with Crippen molar-refractivity contribution >= 4 is 26.6 Å². The van der Waals surface area contributed by atoms with Gasteiger partial charge in [0.05, 0.1) is 24.5 Å². The summed E-state index contributed by atoms with van der Waals surface area (Å²) >= 11 is 0. The van der Waals surface area contributed by atoms with E-state index in [1.165, 1.54) is 19.4 Å². The van der Waals surface area contributed by atoms with Gasteiger partial charge in [-0.2, -0.15) is 0 Å². The molecule has 5 aromatic rings. The summed E-state index contributed by atoms with van der Waals surface area (Å²) in [6.07, 6.45) is 8.16. The third-order valence-electron chi connectivity index (χ3n) is 5.39. The summed E-state index contributed by atoms with van der Waals surface area (Å²) in [5, 5.41) is 0.819. The Morgan fingerprint density at radius 2 is 1.67 bits per heavy atom. The zero-order valence-corrected chi connectivity index (χ0v) is 19.5. The third kappa shape index (κ3) is 4.43. The molecule has 0 saturated heterocycles. The van der Waals surface area contributed by atoms with Gasteiger partial charge in [-0.15, -0.1) is 0 Å². The van der Waals surface area contributed by atoms with E-state index in [9.17, 15) is 17.2 Å². The lowest BCUT2D eigenvalue weighted by Gasteiger charge is -2.13. The van der Waals surface area contributed by atoms with Crippen molar-refractivity contribution in [1.82, 2.24) is 19.9 Å². The molecule has 0 unspecified atom stereocenters. The molecule has 1 N–H and O–H groups in total. The van der Waals surface area contributed by atoms with Gasteiger partial charge in [0.2, 0.25) is 5.88 Å². The molecule has 1 aromatic carbocycles. The van der Waals surface area contributed by atoms with Crippen molar-refractivity contribution < 1.29 is 21.9 Å². The molecule has 4 heterocycles. The highest BCUT2D eigenvalue weighted by Gasteiger charge is 2.22. The van der Waals surface area contributed by atoms with Crippen LogP contribution in [0.15, 0.2) is 84.4 Å². The fourth-order valence-corrected chi connectivity index (χ4v) is 4.82. The lowest BCUT2D eigenvalue weighted by atomic mass is 10.0. The second kappa shape index (κ2) is 9.27. The number of hydrogen-bond acceptors (Lipinski definition) is 7. The third-order valence-corrected chi connectivity index (χ3v) is 6.79. The normalized spacial score (nSPS) is 11.4. The topological polar surface area (TPSA) is 107 Å². The Morgan fingerprint density at radius 1 is 0.861 bits per heavy atom. The molecular formula is C25H17F2N5O3S. The summed E-state index contributed by atoms with van der Waals surface area (Å²) in [5.74, 6) is -2.15. The molecular weight excluding hydrogens is 488 g/mol. The Hall–Kier alpha value is -4.51. The zero-order valence-electron chi connectivity index (χ0n) is 18.7. The van der Waals surface area contributed by atoms with Crippen molar-refractivity contribution in [2.24, 2.45) is 0 Å². The molecule has 0 saturated carbocycles. The first-order chi connectivity index (χ1) is 17.4. The number of aromatic nitrogens is 4. The summed E-state index contributed by atoms with van der Waals surface area (Å²) in [5.41, 5.74) is 3.45. The Bertz CT molecular complexity index is 1700. The quantitative estimate of drug-likeness (QED) is 0.352. The second-order valence-electron chi connectivity index (χ2n) is 7.64. The smallest absolute Gasteiger partial charge is 0.264 e. The number of benzene rings is 1. The van der Waals surface area contributed by atoms with Crippen LogP contribution in [0.4, 0.5) is 14.5 Å². The molecule has 0 aliphatic rings. The van der Waals surface area contributed by atoms with E-state index >= 15 is 0 Å². The largest absolute Gasteiger partial charge is 0.480 e. The lowest BCUT2D eigenvalue weighted by molar-refractivity contribution is 0.400. The number of halogens is 2. The highest BCUT2D eigenvalue weighted by atomic mass is 32.2. The fourth-order valence-electron chi connectivity index (χ4n) is 3.71. The minimum atomic E-state index is -4.42. The molecule has 0 radical (unpaired) electrons. The number of sulfonamides is 1. The van der Waals surface area contributed by atoms with Gasteiger partial charge in [0.25, 0.3) is 10.0 Å². The fraction of sp³-hybridized carbons (Fsp3) is 0.0400. The van der Waals surface area contributed by atoms with Gasteiger partial charge in [0.15, 0.2) is 0 Å². The van der Waals surface area contributed by atoms with Gasteiger partial charge in [-0.1, -0.05) is 0 Å². The van der Waals surface area contributed by atoms with Crippen LogP contribution in [0, 0.1) is 11.6 Å². The van der Waals surface area contributed by atoms with E-state index in [-0.39, 0.29) is 11.6 Å². The number of pyridine rings is 4. The first-order valence-electron chi connectivity index (χ1n) is 10.5.